The Bertz CT molecular complexity index is 184. The summed E-state index contributed by atoms with van der Waals surface area (Å²) in [6.07, 6.45) is 2.64. The van der Waals surface area contributed by atoms with Crippen molar-refractivity contribution in [1.29, 1.82) is 0 Å². The Kier molecular flexibility index (Phi) is 6.80. The van der Waals surface area contributed by atoms with E-state index in [9.17, 15) is 4.79 Å². The highest BCUT2D eigenvalue weighted by molar-refractivity contribution is 7.98. The summed E-state index contributed by atoms with van der Waals surface area (Å²) in [4.78, 5) is 13.6. The third-order valence-electron chi connectivity index (χ3n) is 2.39. The maximum absolute atomic E-state index is 11.3. The van der Waals surface area contributed by atoms with Crippen LogP contribution in [0.4, 0.5) is 0 Å². The molecular weight excluding hydrogens is 212 g/mol. The van der Waals surface area contributed by atoms with E-state index in [0.29, 0.717) is 6.42 Å². The molecule has 4 nitrogen and oxygen atoms in total. The third-order valence-corrected chi connectivity index (χ3v) is 3.00. The molecule has 0 radical (unpaired) electrons. The minimum atomic E-state index is 0.164. The number of carbonyl (C=O) groups excluding carboxylic acids is 1. The maximum atomic E-state index is 11.3. The summed E-state index contributed by atoms with van der Waals surface area (Å²) in [7, 11) is 0. The van der Waals surface area contributed by atoms with Crippen LogP contribution in [0.25, 0.3) is 0 Å². The molecule has 1 amide bonds. The summed E-state index contributed by atoms with van der Waals surface area (Å²) in [5.74, 6) is 1.07. The van der Waals surface area contributed by atoms with Crippen LogP contribution in [-0.2, 0) is 9.53 Å². The molecule has 1 saturated heterocycles. The van der Waals surface area contributed by atoms with Gasteiger partial charge in [-0.25, -0.2) is 0 Å². The number of hydrogen-bond acceptors (Lipinski definition) is 4. The number of morpholine rings is 1. The number of amides is 1. The van der Waals surface area contributed by atoms with Gasteiger partial charge in [-0.15, -0.1) is 0 Å². The highest BCUT2D eigenvalue weighted by Crippen LogP contribution is 1.96. The van der Waals surface area contributed by atoms with Gasteiger partial charge >= 0.3 is 0 Å². The van der Waals surface area contributed by atoms with Gasteiger partial charge in [0, 0.05) is 38.4 Å². The molecule has 1 heterocycles. The van der Waals surface area contributed by atoms with Crippen molar-refractivity contribution in [1.82, 2.24) is 10.2 Å². The topological polar surface area (TPSA) is 41.6 Å². The van der Waals surface area contributed by atoms with Crippen LogP contribution >= 0.6 is 11.8 Å². The van der Waals surface area contributed by atoms with Crippen LogP contribution < -0.4 is 5.32 Å². The van der Waals surface area contributed by atoms with Crippen LogP contribution in [0.3, 0.4) is 0 Å². The van der Waals surface area contributed by atoms with Crippen LogP contribution in [-0.4, -0.2) is 62.2 Å². The van der Waals surface area contributed by atoms with Crippen molar-refractivity contribution >= 4 is 17.7 Å². The van der Waals surface area contributed by atoms with Crippen molar-refractivity contribution in [2.75, 3.05) is 51.4 Å². The molecule has 1 aliphatic heterocycles. The molecule has 0 aromatic carbocycles. The van der Waals surface area contributed by atoms with Crippen molar-refractivity contribution in [3.05, 3.63) is 0 Å². The Labute approximate surface area is 95.7 Å². The van der Waals surface area contributed by atoms with E-state index in [1.807, 2.05) is 6.26 Å². The molecule has 0 unspecified atom stereocenters. The average Bonchev–Trinajstić information content (AvgIpc) is 2.28. The Morgan fingerprint density at radius 2 is 2.20 bits per heavy atom. The molecule has 1 fully saturated rings. The molecule has 0 saturated carbocycles. The predicted octanol–water partition coefficient (Wildman–Crippen LogP) is 0.188. The Hall–Kier alpha value is -0.260. The molecule has 0 bridgehead atoms. The van der Waals surface area contributed by atoms with Crippen LogP contribution in [0.2, 0.25) is 0 Å². The molecule has 1 N–H and O–H groups in total. The van der Waals surface area contributed by atoms with Gasteiger partial charge in [0.1, 0.15) is 0 Å². The highest BCUT2D eigenvalue weighted by atomic mass is 32.2. The molecule has 1 aliphatic rings. The van der Waals surface area contributed by atoms with Gasteiger partial charge in [0.25, 0.3) is 0 Å². The van der Waals surface area contributed by atoms with Crippen LogP contribution in [0.5, 0.6) is 0 Å². The molecule has 88 valence electrons. The first-order chi connectivity index (χ1) is 7.33. The molecule has 1 rings (SSSR count). The lowest BCUT2D eigenvalue weighted by molar-refractivity contribution is -0.120. The highest BCUT2D eigenvalue weighted by Gasteiger charge is 2.09. The van der Waals surface area contributed by atoms with Crippen molar-refractivity contribution in [2.24, 2.45) is 0 Å². The molecule has 5 heteroatoms. The first-order valence-electron chi connectivity index (χ1n) is 5.38. The van der Waals surface area contributed by atoms with Crippen molar-refractivity contribution in [3.63, 3.8) is 0 Å². The zero-order valence-electron chi connectivity index (χ0n) is 9.33. The zero-order valence-corrected chi connectivity index (χ0v) is 10.1. The van der Waals surface area contributed by atoms with E-state index in [0.717, 1.165) is 45.1 Å². The average molecular weight is 232 g/mol. The molecule has 0 aromatic rings. The van der Waals surface area contributed by atoms with E-state index in [2.05, 4.69) is 10.2 Å². The summed E-state index contributed by atoms with van der Waals surface area (Å²) >= 11 is 1.70. The third kappa shape index (κ3) is 6.02. The smallest absolute Gasteiger partial charge is 0.220 e. The molecule has 0 aromatic heterocycles. The number of hydrogen-bond donors (Lipinski definition) is 1. The van der Waals surface area contributed by atoms with E-state index in [-0.39, 0.29) is 5.91 Å². The van der Waals surface area contributed by atoms with Gasteiger partial charge in [0.15, 0.2) is 0 Å². The monoisotopic (exact) mass is 232 g/mol. The van der Waals surface area contributed by atoms with Gasteiger partial charge < -0.3 is 10.1 Å². The second-order valence-electron chi connectivity index (χ2n) is 3.55. The first kappa shape index (κ1) is 12.8. The lowest BCUT2D eigenvalue weighted by Crippen LogP contribution is -2.41. The number of carbonyl (C=O) groups is 1. The van der Waals surface area contributed by atoms with Crippen LogP contribution in [0.15, 0.2) is 0 Å². The van der Waals surface area contributed by atoms with E-state index in [4.69, 9.17) is 4.74 Å². The fraction of sp³-hybridized carbons (Fsp3) is 0.900. The van der Waals surface area contributed by atoms with Gasteiger partial charge in [-0.05, 0) is 6.26 Å². The fourth-order valence-corrected chi connectivity index (χ4v) is 1.85. The zero-order chi connectivity index (χ0) is 10.9. The van der Waals surface area contributed by atoms with Gasteiger partial charge in [0.2, 0.25) is 5.91 Å². The van der Waals surface area contributed by atoms with E-state index in [1.54, 1.807) is 11.8 Å². The van der Waals surface area contributed by atoms with Crippen LogP contribution in [0, 0.1) is 0 Å². The van der Waals surface area contributed by atoms with Gasteiger partial charge in [-0.3, -0.25) is 9.69 Å². The number of rotatable bonds is 6. The number of nitrogens with one attached hydrogen (secondary N) is 1. The lowest BCUT2D eigenvalue weighted by atomic mass is 10.4. The van der Waals surface area contributed by atoms with Gasteiger partial charge in [-0.1, -0.05) is 0 Å². The summed E-state index contributed by atoms with van der Waals surface area (Å²) < 4.78 is 5.25. The fourth-order valence-electron chi connectivity index (χ4n) is 1.46. The molecule has 0 aliphatic carbocycles. The van der Waals surface area contributed by atoms with Crippen molar-refractivity contribution < 1.29 is 9.53 Å². The Morgan fingerprint density at radius 1 is 1.47 bits per heavy atom. The number of thioether (sulfide) groups is 1. The van der Waals surface area contributed by atoms with Gasteiger partial charge in [0.05, 0.1) is 13.2 Å². The lowest BCUT2D eigenvalue weighted by Gasteiger charge is -2.26. The molecule has 0 atom stereocenters. The largest absolute Gasteiger partial charge is 0.379 e. The van der Waals surface area contributed by atoms with E-state index >= 15 is 0 Å². The number of ether oxygens (including phenoxy) is 1. The summed E-state index contributed by atoms with van der Waals surface area (Å²) in [6.45, 7) is 5.31. The molecule has 0 spiro atoms. The summed E-state index contributed by atoms with van der Waals surface area (Å²) in [6, 6.07) is 0. The second-order valence-corrected chi connectivity index (χ2v) is 4.53. The Balaban J connectivity index is 1.97. The van der Waals surface area contributed by atoms with Gasteiger partial charge in [-0.2, -0.15) is 11.8 Å². The summed E-state index contributed by atoms with van der Waals surface area (Å²) in [5.41, 5.74) is 0. The predicted molar refractivity (Wildman–Crippen MR) is 63.3 cm³/mol. The van der Waals surface area contributed by atoms with Crippen LogP contribution in [0.1, 0.15) is 6.42 Å². The Morgan fingerprint density at radius 3 is 2.87 bits per heavy atom. The second kappa shape index (κ2) is 7.96. The quantitative estimate of drug-likeness (QED) is 0.710. The molecular formula is C10H20N2O2S. The summed E-state index contributed by atoms with van der Waals surface area (Å²) in [5, 5.41) is 2.93. The van der Waals surface area contributed by atoms with E-state index < -0.39 is 0 Å². The standard InChI is InChI=1S/C10H20N2O2S/c1-15-9-2-10(13)11-3-4-12-5-7-14-8-6-12/h2-9H2,1H3,(H,11,13). The van der Waals surface area contributed by atoms with E-state index in [1.165, 1.54) is 0 Å². The molecule has 15 heavy (non-hydrogen) atoms. The first-order valence-corrected chi connectivity index (χ1v) is 6.78. The van der Waals surface area contributed by atoms with Crippen molar-refractivity contribution in [2.45, 2.75) is 6.42 Å². The SMILES string of the molecule is CSCCC(=O)NCCN1CCOCC1. The minimum absolute atomic E-state index is 0.164. The van der Waals surface area contributed by atoms with Crippen molar-refractivity contribution in [3.8, 4) is 0 Å². The normalized spacial score (nSPS) is 17.7. The maximum Gasteiger partial charge on any atom is 0.220 e. The minimum Gasteiger partial charge on any atom is -0.379 e. The number of nitrogens with zero attached hydrogens (tertiary/aromatic N) is 1.